The smallest absolute Gasteiger partial charge is 0.233 e. The molecule has 0 saturated heterocycles. The van der Waals surface area contributed by atoms with Crippen molar-refractivity contribution in [1.29, 1.82) is 0 Å². The van der Waals surface area contributed by atoms with Gasteiger partial charge in [-0.15, -0.1) is 23.2 Å². The van der Waals surface area contributed by atoms with Gasteiger partial charge in [-0.1, -0.05) is 11.6 Å². The second kappa shape index (κ2) is 4.72. The fourth-order valence-corrected chi connectivity index (χ4v) is 2.70. The average molecular weight is 323 g/mol. The van der Waals surface area contributed by atoms with Crippen LogP contribution in [0.3, 0.4) is 0 Å². The van der Waals surface area contributed by atoms with Crippen molar-refractivity contribution in [2.24, 2.45) is 5.41 Å². The van der Waals surface area contributed by atoms with Crippen molar-refractivity contribution in [3.63, 3.8) is 0 Å². The van der Waals surface area contributed by atoms with Crippen molar-refractivity contribution >= 4 is 46.4 Å². The number of halogens is 3. The quantitative estimate of drug-likeness (QED) is 0.848. The summed E-state index contributed by atoms with van der Waals surface area (Å²) < 4.78 is 4.21. The Kier molecular flexibility index (Phi) is 3.67. The van der Waals surface area contributed by atoms with E-state index in [1.165, 1.54) is 7.11 Å². The Morgan fingerprint density at radius 2 is 2.00 bits per heavy atom. The van der Waals surface area contributed by atoms with E-state index in [0.717, 1.165) is 5.56 Å². The number of ether oxygens (including phenoxy) is 1. The third-order valence-corrected chi connectivity index (χ3v) is 5.00. The van der Waals surface area contributed by atoms with Crippen molar-refractivity contribution in [1.82, 2.24) is 0 Å². The Bertz CT molecular complexity index is 545. The number of carbonyl (C=O) groups excluding carboxylic acids is 1. The van der Waals surface area contributed by atoms with Crippen molar-refractivity contribution in [3.8, 4) is 5.75 Å². The van der Waals surface area contributed by atoms with E-state index in [4.69, 9.17) is 39.5 Å². The highest BCUT2D eigenvalue weighted by Crippen LogP contribution is 2.64. The molecule has 3 nitrogen and oxygen atoms in total. The summed E-state index contributed by atoms with van der Waals surface area (Å²) in [5.41, 5.74) is 0.641. The van der Waals surface area contributed by atoms with Gasteiger partial charge >= 0.3 is 0 Å². The Hall–Kier alpha value is -0.640. The third-order valence-electron chi connectivity index (χ3n) is 3.49. The van der Waals surface area contributed by atoms with E-state index in [-0.39, 0.29) is 5.91 Å². The summed E-state index contributed by atoms with van der Waals surface area (Å²) in [6.07, 6.45) is 0.434. The van der Waals surface area contributed by atoms with Crippen LogP contribution in [0.5, 0.6) is 5.75 Å². The molecule has 0 spiro atoms. The molecule has 1 saturated carbocycles. The van der Waals surface area contributed by atoms with E-state index in [2.05, 4.69) is 5.32 Å². The van der Waals surface area contributed by atoms with Crippen LogP contribution >= 0.6 is 34.8 Å². The van der Waals surface area contributed by atoms with Crippen LogP contribution in [0.2, 0.25) is 5.02 Å². The van der Waals surface area contributed by atoms with Crippen LogP contribution in [0.25, 0.3) is 0 Å². The molecule has 0 radical (unpaired) electrons. The van der Waals surface area contributed by atoms with E-state index in [9.17, 15) is 4.79 Å². The number of aryl methyl sites for hydroxylation is 1. The zero-order chi connectivity index (χ0) is 14.4. The molecule has 1 amide bonds. The van der Waals surface area contributed by atoms with Crippen LogP contribution in [0, 0.1) is 12.3 Å². The van der Waals surface area contributed by atoms with E-state index < -0.39 is 9.75 Å². The number of anilines is 1. The number of nitrogens with one attached hydrogen (secondary N) is 1. The van der Waals surface area contributed by atoms with Crippen molar-refractivity contribution in [2.45, 2.75) is 24.6 Å². The standard InChI is InChI=1S/C13H14Cl3NO2/c1-7-4-9(10(19-3)5-8(7)14)17-11(18)12(2)6-13(12,15)16/h4-5H,6H2,1-3H3,(H,17,18). The molecule has 1 N–H and O–H groups in total. The lowest BCUT2D eigenvalue weighted by molar-refractivity contribution is -0.120. The number of amides is 1. The number of alkyl halides is 2. The Morgan fingerprint density at radius 1 is 1.42 bits per heavy atom. The number of carbonyl (C=O) groups is 1. The lowest BCUT2D eigenvalue weighted by atomic mass is 10.1. The molecule has 0 aliphatic heterocycles. The highest BCUT2D eigenvalue weighted by molar-refractivity contribution is 6.53. The first-order valence-corrected chi connectivity index (χ1v) is 6.88. The minimum Gasteiger partial charge on any atom is -0.495 e. The van der Waals surface area contributed by atoms with Crippen LogP contribution in [0.1, 0.15) is 18.9 Å². The molecule has 104 valence electrons. The molecular weight excluding hydrogens is 309 g/mol. The van der Waals surface area contributed by atoms with Gasteiger partial charge in [-0.2, -0.15) is 0 Å². The van der Waals surface area contributed by atoms with Crippen molar-refractivity contribution in [2.75, 3.05) is 12.4 Å². The largest absolute Gasteiger partial charge is 0.495 e. The van der Waals surface area contributed by atoms with E-state index >= 15 is 0 Å². The summed E-state index contributed by atoms with van der Waals surface area (Å²) in [5, 5.41) is 3.38. The van der Waals surface area contributed by atoms with Gasteiger partial charge in [0, 0.05) is 11.1 Å². The molecule has 1 aromatic carbocycles. The monoisotopic (exact) mass is 321 g/mol. The average Bonchev–Trinajstić information content (AvgIpc) is 2.84. The van der Waals surface area contributed by atoms with Crippen LogP contribution in [-0.4, -0.2) is 17.4 Å². The maximum Gasteiger partial charge on any atom is 0.233 e. The number of hydrogen-bond acceptors (Lipinski definition) is 2. The zero-order valence-corrected chi connectivity index (χ0v) is 13.1. The lowest BCUT2D eigenvalue weighted by Gasteiger charge is -2.16. The summed E-state index contributed by atoms with van der Waals surface area (Å²) in [6, 6.07) is 3.42. The fraction of sp³-hybridized carbons (Fsp3) is 0.462. The Balaban J connectivity index is 2.25. The first-order chi connectivity index (χ1) is 8.71. The molecule has 1 aliphatic carbocycles. The number of benzene rings is 1. The van der Waals surface area contributed by atoms with E-state index in [1.54, 1.807) is 19.1 Å². The SMILES string of the molecule is COc1cc(Cl)c(C)cc1NC(=O)C1(C)CC1(Cl)Cl. The van der Waals surface area contributed by atoms with E-state index in [0.29, 0.717) is 22.9 Å². The predicted octanol–water partition coefficient (Wildman–Crippen LogP) is 4.18. The molecule has 19 heavy (non-hydrogen) atoms. The van der Waals surface area contributed by atoms with Crippen LogP contribution in [-0.2, 0) is 4.79 Å². The first kappa shape index (κ1) is 14.8. The molecule has 1 aliphatic rings. The lowest BCUT2D eigenvalue weighted by Crippen LogP contribution is -2.26. The maximum atomic E-state index is 12.2. The summed E-state index contributed by atoms with van der Waals surface area (Å²) in [4.78, 5) is 12.2. The normalized spacial score (nSPS) is 23.9. The van der Waals surface area contributed by atoms with Crippen LogP contribution < -0.4 is 10.1 Å². The molecule has 0 bridgehead atoms. The molecule has 2 rings (SSSR count). The molecule has 1 unspecified atom stereocenters. The van der Waals surface area contributed by atoms with Gasteiger partial charge < -0.3 is 10.1 Å². The number of rotatable bonds is 3. The number of hydrogen-bond donors (Lipinski definition) is 1. The molecule has 6 heteroatoms. The molecule has 0 aromatic heterocycles. The van der Waals surface area contributed by atoms with Gasteiger partial charge in [0.25, 0.3) is 0 Å². The number of methoxy groups -OCH3 is 1. The molecule has 1 aromatic rings. The Labute approximate surface area is 127 Å². The maximum absolute atomic E-state index is 12.2. The summed E-state index contributed by atoms with van der Waals surface area (Å²) in [5.74, 6) is 0.278. The molecule has 1 atom stereocenters. The first-order valence-electron chi connectivity index (χ1n) is 5.75. The van der Waals surface area contributed by atoms with E-state index in [1.807, 2.05) is 6.92 Å². The van der Waals surface area contributed by atoms with Gasteiger partial charge in [-0.3, -0.25) is 4.79 Å². The Morgan fingerprint density at radius 3 is 2.47 bits per heavy atom. The minimum atomic E-state index is -0.994. The summed E-state index contributed by atoms with van der Waals surface area (Å²) in [7, 11) is 1.52. The van der Waals surface area contributed by atoms with Gasteiger partial charge in [-0.05, 0) is 31.9 Å². The van der Waals surface area contributed by atoms with Gasteiger partial charge in [0.05, 0.1) is 18.2 Å². The summed E-state index contributed by atoms with van der Waals surface area (Å²) in [6.45, 7) is 3.58. The van der Waals surface area contributed by atoms with Gasteiger partial charge in [0.2, 0.25) is 5.91 Å². The van der Waals surface area contributed by atoms with Crippen LogP contribution in [0.15, 0.2) is 12.1 Å². The second-order valence-electron chi connectivity index (χ2n) is 4.97. The van der Waals surface area contributed by atoms with Crippen molar-refractivity contribution < 1.29 is 9.53 Å². The van der Waals surface area contributed by atoms with Gasteiger partial charge in [0.15, 0.2) is 0 Å². The molecule has 1 fully saturated rings. The second-order valence-corrected chi connectivity index (χ2v) is 6.86. The zero-order valence-electron chi connectivity index (χ0n) is 10.8. The molecular formula is C13H14Cl3NO2. The van der Waals surface area contributed by atoms with Crippen LogP contribution in [0.4, 0.5) is 5.69 Å². The van der Waals surface area contributed by atoms with Gasteiger partial charge in [0.1, 0.15) is 10.1 Å². The topological polar surface area (TPSA) is 38.3 Å². The third kappa shape index (κ3) is 2.51. The predicted molar refractivity (Wildman–Crippen MR) is 78.5 cm³/mol. The fourth-order valence-electron chi connectivity index (χ4n) is 1.84. The molecule has 0 heterocycles. The minimum absolute atomic E-state index is 0.225. The van der Waals surface area contributed by atoms with Crippen molar-refractivity contribution in [3.05, 3.63) is 22.7 Å². The highest BCUT2D eigenvalue weighted by atomic mass is 35.5. The summed E-state index contributed by atoms with van der Waals surface area (Å²) >= 11 is 18.0. The van der Waals surface area contributed by atoms with Gasteiger partial charge in [-0.25, -0.2) is 0 Å². The highest BCUT2D eigenvalue weighted by Gasteiger charge is 2.67.